The predicted octanol–water partition coefficient (Wildman–Crippen LogP) is 4.15. The lowest BCUT2D eigenvalue weighted by Gasteiger charge is -2.62. The molecule has 1 saturated heterocycles. The first-order valence-corrected chi connectivity index (χ1v) is 7.92. The average molecular weight is 264 g/mol. The second-order valence-electron chi connectivity index (χ2n) is 8.74. The van der Waals surface area contributed by atoms with Crippen LogP contribution in [-0.2, 0) is 9.31 Å². The lowest BCUT2D eigenvalue weighted by molar-refractivity contribution is -0.103. The fraction of sp³-hybridized carbons (Fsp3) is 1.00. The largest absolute Gasteiger partial charge is 0.461 e. The van der Waals surface area contributed by atoms with E-state index in [-0.39, 0.29) is 18.3 Å². The number of rotatable bonds is 1. The standard InChI is InChI=1S/C16H29BO2/c1-10-12-8-11(14(12,2)3)9-13(10)17-18-15(4,5)16(6,7)19-17/h10-13H,8-9H2,1-7H3. The van der Waals surface area contributed by atoms with Gasteiger partial charge in [-0.1, -0.05) is 20.8 Å². The molecule has 19 heavy (non-hydrogen) atoms. The van der Waals surface area contributed by atoms with Gasteiger partial charge in [0.25, 0.3) is 0 Å². The molecule has 1 heterocycles. The van der Waals surface area contributed by atoms with Crippen LogP contribution >= 0.6 is 0 Å². The minimum absolute atomic E-state index is 0.00130. The molecule has 2 nitrogen and oxygen atoms in total. The van der Waals surface area contributed by atoms with Gasteiger partial charge >= 0.3 is 7.12 Å². The summed E-state index contributed by atoms with van der Waals surface area (Å²) in [4.78, 5) is 0. The summed E-state index contributed by atoms with van der Waals surface area (Å²) in [5.41, 5.74) is 0.169. The molecule has 4 aliphatic rings. The topological polar surface area (TPSA) is 18.5 Å². The Kier molecular flexibility index (Phi) is 2.78. The van der Waals surface area contributed by atoms with E-state index in [4.69, 9.17) is 9.31 Å². The van der Waals surface area contributed by atoms with Gasteiger partial charge in [-0.05, 0) is 69.5 Å². The van der Waals surface area contributed by atoms with E-state index >= 15 is 0 Å². The molecular formula is C16H29BO2. The first-order valence-electron chi connectivity index (χ1n) is 7.92. The van der Waals surface area contributed by atoms with Crippen LogP contribution in [0.1, 0.15) is 61.3 Å². The van der Waals surface area contributed by atoms with Crippen molar-refractivity contribution in [2.24, 2.45) is 23.2 Å². The Bertz CT molecular complexity index is 372. The van der Waals surface area contributed by atoms with Crippen LogP contribution in [0.3, 0.4) is 0 Å². The molecule has 0 aromatic carbocycles. The Morgan fingerprint density at radius 1 is 0.895 bits per heavy atom. The summed E-state index contributed by atoms with van der Waals surface area (Å²) in [6, 6.07) is 0. The summed E-state index contributed by atoms with van der Waals surface area (Å²) < 4.78 is 12.6. The summed E-state index contributed by atoms with van der Waals surface area (Å²) in [5, 5.41) is 0. The fourth-order valence-corrected chi connectivity index (χ4v) is 4.61. The fourth-order valence-electron chi connectivity index (χ4n) is 4.61. The second-order valence-corrected chi connectivity index (χ2v) is 8.74. The van der Waals surface area contributed by atoms with Crippen LogP contribution < -0.4 is 0 Å². The van der Waals surface area contributed by atoms with Crippen molar-refractivity contribution < 1.29 is 9.31 Å². The summed E-state index contributed by atoms with van der Waals surface area (Å²) in [5.74, 6) is 3.03. The zero-order valence-electron chi connectivity index (χ0n) is 13.6. The normalized spacial score (nSPS) is 45.9. The summed E-state index contributed by atoms with van der Waals surface area (Å²) >= 11 is 0. The van der Waals surface area contributed by atoms with Crippen LogP contribution in [0.15, 0.2) is 0 Å². The van der Waals surface area contributed by atoms with E-state index in [1.54, 1.807) is 0 Å². The molecule has 0 spiro atoms. The van der Waals surface area contributed by atoms with Gasteiger partial charge in [0, 0.05) is 0 Å². The van der Waals surface area contributed by atoms with Crippen molar-refractivity contribution in [3.63, 3.8) is 0 Å². The van der Waals surface area contributed by atoms with Crippen LogP contribution in [0.2, 0.25) is 5.82 Å². The van der Waals surface area contributed by atoms with E-state index in [2.05, 4.69) is 48.5 Å². The predicted molar refractivity (Wildman–Crippen MR) is 79.0 cm³/mol. The van der Waals surface area contributed by atoms with E-state index in [0.29, 0.717) is 11.2 Å². The van der Waals surface area contributed by atoms with Gasteiger partial charge in [-0.3, -0.25) is 0 Å². The van der Waals surface area contributed by atoms with Gasteiger partial charge in [-0.15, -0.1) is 0 Å². The van der Waals surface area contributed by atoms with Gasteiger partial charge in [0.1, 0.15) is 0 Å². The maximum atomic E-state index is 6.29. The Balaban J connectivity index is 1.76. The Morgan fingerprint density at radius 2 is 1.42 bits per heavy atom. The molecule has 0 radical (unpaired) electrons. The van der Waals surface area contributed by atoms with Crippen molar-refractivity contribution in [3.8, 4) is 0 Å². The summed E-state index contributed by atoms with van der Waals surface area (Å²) in [7, 11) is 0.00130. The van der Waals surface area contributed by atoms with Crippen molar-refractivity contribution >= 4 is 7.12 Å². The number of hydrogen-bond acceptors (Lipinski definition) is 2. The quantitative estimate of drug-likeness (QED) is 0.662. The first-order chi connectivity index (χ1) is 8.56. The summed E-state index contributed by atoms with van der Waals surface area (Å²) in [6.07, 6.45) is 2.70. The number of fused-ring (bicyclic) bond motifs is 2. The highest BCUT2D eigenvalue weighted by molar-refractivity contribution is 6.47. The number of hydrogen-bond donors (Lipinski definition) is 0. The smallest absolute Gasteiger partial charge is 0.403 e. The lowest BCUT2D eigenvalue weighted by atomic mass is 9.39. The molecule has 1 aliphatic heterocycles. The Labute approximate surface area is 118 Å². The highest BCUT2D eigenvalue weighted by Gasteiger charge is 2.62. The third kappa shape index (κ3) is 1.77. The van der Waals surface area contributed by atoms with Gasteiger partial charge in [-0.25, -0.2) is 0 Å². The molecule has 0 N–H and O–H groups in total. The second kappa shape index (κ2) is 3.79. The van der Waals surface area contributed by atoms with Gasteiger partial charge in [-0.2, -0.15) is 0 Å². The molecule has 3 aliphatic carbocycles. The van der Waals surface area contributed by atoms with Crippen LogP contribution in [0, 0.1) is 23.2 Å². The van der Waals surface area contributed by atoms with Gasteiger partial charge in [0.15, 0.2) is 0 Å². The van der Waals surface area contributed by atoms with Crippen LogP contribution in [-0.4, -0.2) is 18.3 Å². The third-order valence-corrected chi connectivity index (χ3v) is 7.03. The van der Waals surface area contributed by atoms with Crippen LogP contribution in [0.5, 0.6) is 0 Å². The summed E-state index contributed by atoms with van der Waals surface area (Å²) in [6.45, 7) is 15.9. The van der Waals surface area contributed by atoms with Gasteiger partial charge in [0.05, 0.1) is 11.2 Å². The van der Waals surface area contributed by atoms with E-state index in [1.807, 2.05) is 0 Å². The minimum atomic E-state index is -0.186. The average Bonchev–Trinajstić information content (AvgIpc) is 2.47. The monoisotopic (exact) mass is 264 g/mol. The van der Waals surface area contributed by atoms with E-state index < -0.39 is 0 Å². The molecule has 108 valence electrons. The van der Waals surface area contributed by atoms with Crippen LogP contribution in [0.25, 0.3) is 0 Å². The van der Waals surface area contributed by atoms with E-state index in [9.17, 15) is 0 Å². The molecule has 0 aromatic heterocycles. The molecule has 0 aromatic rings. The lowest BCUT2D eigenvalue weighted by Crippen LogP contribution is -2.56. The van der Waals surface area contributed by atoms with E-state index in [0.717, 1.165) is 17.8 Å². The van der Waals surface area contributed by atoms with Crippen molar-refractivity contribution in [2.45, 2.75) is 78.3 Å². The first kappa shape index (κ1) is 13.9. The molecular weight excluding hydrogens is 235 g/mol. The zero-order valence-corrected chi connectivity index (χ0v) is 13.6. The molecule has 3 saturated carbocycles. The van der Waals surface area contributed by atoms with Gasteiger partial charge < -0.3 is 9.31 Å². The molecule has 0 amide bonds. The molecule has 2 bridgehead atoms. The Morgan fingerprint density at radius 3 is 1.84 bits per heavy atom. The Hall–Kier alpha value is -0.0151. The van der Waals surface area contributed by atoms with Crippen molar-refractivity contribution in [3.05, 3.63) is 0 Å². The molecule has 4 fully saturated rings. The van der Waals surface area contributed by atoms with Crippen molar-refractivity contribution in [2.75, 3.05) is 0 Å². The van der Waals surface area contributed by atoms with E-state index in [1.165, 1.54) is 12.8 Å². The molecule has 4 rings (SSSR count). The highest BCUT2D eigenvalue weighted by atomic mass is 16.7. The van der Waals surface area contributed by atoms with Gasteiger partial charge in [0.2, 0.25) is 0 Å². The SMILES string of the molecule is CC1C(B2OC(C)(C)C(C)(C)O2)CC2CC1C2(C)C. The molecule has 4 atom stereocenters. The minimum Gasteiger partial charge on any atom is -0.403 e. The molecule has 4 unspecified atom stereocenters. The maximum Gasteiger partial charge on any atom is 0.461 e. The third-order valence-electron chi connectivity index (χ3n) is 7.03. The maximum absolute atomic E-state index is 6.29. The highest BCUT2D eigenvalue weighted by Crippen LogP contribution is 2.65. The van der Waals surface area contributed by atoms with Crippen molar-refractivity contribution in [1.29, 1.82) is 0 Å². The molecule has 3 heteroatoms. The van der Waals surface area contributed by atoms with Crippen molar-refractivity contribution in [1.82, 2.24) is 0 Å². The van der Waals surface area contributed by atoms with Crippen LogP contribution in [0.4, 0.5) is 0 Å². The zero-order chi connectivity index (χ0) is 14.2.